The Hall–Kier alpha value is -4.15. The van der Waals surface area contributed by atoms with Gasteiger partial charge in [-0.3, -0.25) is 19.7 Å². The van der Waals surface area contributed by atoms with Crippen molar-refractivity contribution in [3.05, 3.63) is 75.9 Å². The summed E-state index contributed by atoms with van der Waals surface area (Å²) >= 11 is 0. The second kappa shape index (κ2) is 8.90. The third-order valence-corrected chi connectivity index (χ3v) is 3.93. The van der Waals surface area contributed by atoms with Crippen LogP contribution in [0.25, 0.3) is 11.5 Å². The van der Waals surface area contributed by atoms with Gasteiger partial charge in [-0.1, -0.05) is 12.1 Å². The van der Waals surface area contributed by atoms with Crippen LogP contribution in [0.1, 0.15) is 29.3 Å². The maximum atomic E-state index is 13.6. The number of hydrogen-bond donors (Lipinski definition) is 1. The summed E-state index contributed by atoms with van der Waals surface area (Å²) in [6, 6.07) is 10.8. The summed E-state index contributed by atoms with van der Waals surface area (Å²) in [7, 11) is 0. The van der Waals surface area contributed by atoms with Crippen molar-refractivity contribution in [3.8, 4) is 11.5 Å². The average Bonchev–Trinajstić information content (AvgIpc) is 3.23. The van der Waals surface area contributed by atoms with Gasteiger partial charge in [-0.15, -0.1) is 10.2 Å². The van der Waals surface area contributed by atoms with Crippen molar-refractivity contribution in [2.24, 2.45) is 0 Å². The lowest BCUT2D eigenvalue weighted by molar-refractivity contribution is -0.384. The van der Waals surface area contributed by atoms with Gasteiger partial charge in [0.05, 0.1) is 10.5 Å². The molecule has 1 aromatic heterocycles. The van der Waals surface area contributed by atoms with Gasteiger partial charge in [0.1, 0.15) is 12.4 Å². The number of carbonyl (C=O) groups excluding carboxylic acids is 2. The van der Waals surface area contributed by atoms with Gasteiger partial charge < -0.3 is 14.5 Å². The predicted molar refractivity (Wildman–Crippen MR) is 99.6 cm³/mol. The molecule has 0 aliphatic carbocycles. The Labute approximate surface area is 168 Å². The zero-order valence-corrected chi connectivity index (χ0v) is 15.6. The smallest absolute Gasteiger partial charge is 0.326 e. The fourth-order valence-corrected chi connectivity index (χ4v) is 2.42. The molecule has 0 saturated carbocycles. The van der Waals surface area contributed by atoms with Crippen LogP contribution in [0.3, 0.4) is 0 Å². The van der Waals surface area contributed by atoms with E-state index in [0.717, 1.165) is 6.07 Å². The maximum absolute atomic E-state index is 13.6. The molecular weight excluding hydrogens is 399 g/mol. The van der Waals surface area contributed by atoms with Crippen LogP contribution in [-0.4, -0.2) is 33.5 Å². The standard InChI is InChI=1S/C19H15FN4O6/c1-11(29-16(25)10-21-17(26)14-4-2-3-5-15(14)20)18-22-23-19(30-18)12-6-8-13(9-7-12)24(27)28/h2-9,11H,10H2,1H3,(H,21,26)/t11-/m0/s1. The molecule has 11 heteroatoms. The third-order valence-electron chi connectivity index (χ3n) is 3.93. The minimum absolute atomic E-state index is 0.00265. The van der Waals surface area contributed by atoms with Crippen LogP contribution >= 0.6 is 0 Å². The number of rotatable bonds is 7. The average molecular weight is 414 g/mol. The van der Waals surface area contributed by atoms with Crippen molar-refractivity contribution in [1.82, 2.24) is 15.5 Å². The first-order valence-corrected chi connectivity index (χ1v) is 8.65. The number of amides is 1. The molecule has 0 fully saturated rings. The van der Waals surface area contributed by atoms with Crippen LogP contribution in [0.2, 0.25) is 0 Å². The number of halogens is 1. The molecule has 1 amide bonds. The third kappa shape index (κ3) is 4.82. The largest absolute Gasteiger partial charge is 0.451 e. The molecule has 0 bridgehead atoms. The first-order valence-electron chi connectivity index (χ1n) is 8.65. The number of nitrogens with zero attached hydrogens (tertiary/aromatic N) is 3. The highest BCUT2D eigenvalue weighted by Gasteiger charge is 2.20. The van der Waals surface area contributed by atoms with E-state index in [1.165, 1.54) is 49.4 Å². The number of aromatic nitrogens is 2. The Balaban J connectivity index is 1.56. The van der Waals surface area contributed by atoms with Gasteiger partial charge in [0.15, 0.2) is 6.10 Å². The molecule has 154 valence electrons. The molecule has 1 N–H and O–H groups in total. The molecule has 1 heterocycles. The Kier molecular flexibility index (Phi) is 6.11. The topological polar surface area (TPSA) is 137 Å². The van der Waals surface area contributed by atoms with Crippen LogP contribution < -0.4 is 5.32 Å². The van der Waals surface area contributed by atoms with E-state index in [-0.39, 0.29) is 23.0 Å². The Bertz CT molecular complexity index is 1080. The van der Waals surface area contributed by atoms with E-state index >= 15 is 0 Å². The van der Waals surface area contributed by atoms with Crippen LogP contribution in [0, 0.1) is 15.9 Å². The first kappa shape index (κ1) is 20.6. The summed E-state index contributed by atoms with van der Waals surface area (Å²) < 4.78 is 24.1. The summed E-state index contributed by atoms with van der Waals surface area (Å²) in [6.07, 6.45) is -0.915. The molecule has 3 rings (SSSR count). The van der Waals surface area contributed by atoms with Crippen molar-refractivity contribution >= 4 is 17.6 Å². The number of nitro benzene ring substituents is 1. The number of esters is 1. The number of hydrogen-bond acceptors (Lipinski definition) is 8. The van der Waals surface area contributed by atoms with Gasteiger partial charge in [0.25, 0.3) is 17.5 Å². The number of carbonyl (C=O) groups is 2. The van der Waals surface area contributed by atoms with Crippen molar-refractivity contribution in [1.29, 1.82) is 0 Å². The minimum Gasteiger partial charge on any atom is -0.451 e. The molecule has 10 nitrogen and oxygen atoms in total. The quantitative estimate of drug-likeness (QED) is 0.354. The molecule has 0 unspecified atom stereocenters. The number of ether oxygens (including phenoxy) is 1. The van der Waals surface area contributed by atoms with Crippen molar-refractivity contribution in [2.45, 2.75) is 13.0 Å². The molecule has 3 aromatic rings. The van der Waals surface area contributed by atoms with Gasteiger partial charge in [-0.05, 0) is 31.2 Å². The fraction of sp³-hybridized carbons (Fsp3) is 0.158. The van der Waals surface area contributed by atoms with Gasteiger partial charge >= 0.3 is 5.97 Å². The Morgan fingerprint density at radius 1 is 1.20 bits per heavy atom. The summed E-state index contributed by atoms with van der Waals surface area (Å²) in [5.41, 5.74) is 0.177. The van der Waals surface area contributed by atoms with E-state index in [9.17, 15) is 24.1 Å². The first-order chi connectivity index (χ1) is 14.3. The maximum Gasteiger partial charge on any atom is 0.326 e. The van der Waals surface area contributed by atoms with Gasteiger partial charge in [-0.2, -0.15) is 0 Å². The van der Waals surface area contributed by atoms with E-state index < -0.39 is 35.3 Å². The fourth-order valence-electron chi connectivity index (χ4n) is 2.42. The highest BCUT2D eigenvalue weighted by atomic mass is 19.1. The monoisotopic (exact) mass is 414 g/mol. The minimum atomic E-state index is -0.915. The highest BCUT2D eigenvalue weighted by Crippen LogP contribution is 2.24. The molecule has 0 spiro atoms. The highest BCUT2D eigenvalue weighted by molar-refractivity contribution is 5.96. The second-order valence-corrected chi connectivity index (χ2v) is 6.04. The molecular formula is C19H15FN4O6. The predicted octanol–water partition coefficient (Wildman–Crippen LogP) is 2.82. The molecule has 1 atom stereocenters. The lowest BCUT2D eigenvalue weighted by Crippen LogP contribution is -2.31. The SMILES string of the molecule is C[C@H](OC(=O)CNC(=O)c1ccccc1F)c1nnc(-c2ccc([N+](=O)[O-])cc2)o1. The van der Waals surface area contributed by atoms with E-state index in [1.54, 1.807) is 0 Å². The summed E-state index contributed by atoms with van der Waals surface area (Å²) in [6.45, 7) is 1.00. The summed E-state index contributed by atoms with van der Waals surface area (Å²) in [4.78, 5) is 34.0. The Morgan fingerprint density at radius 3 is 2.57 bits per heavy atom. The van der Waals surface area contributed by atoms with Crippen molar-refractivity contribution in [3.63, 3.8) is 0 Å². The van der Waals surface area contributed by atoms with E-state index in [0.29, 0.717) is 5.56 Å². The molecule has 2 aromatic carbocycles. The van der Waals surface area contributed by atoms with Crippen LogP contribution in [-0.2, 0) is 9.53 Å². The van der Waals surface area contributed by atoms with Crippen molar-refractivity contribution in [2.75, 3.05) is 6.54 Å². The normalized spacial score (nSPS) is 11.5. The second-order valence-electron chi connectivity index (χ2n) is 6.04. The zero-order valence-electron chi connectivity index (χ0n) is 15.6. The molecule has 0 aliphatic rings. The molecule has 0 aliphatic heterocycles. The van der Waals surface area contributed by atoms with Gasteiger partial charge in [0, 0.05) is 17.7 Å². The summed E-state index contributed by atoms with van der Waals surface area (Å²) in [5.74, 6) is -2.16. The van der Waals surface area contributed by atoms with Crippen LogP contribution in [0.5, 0.6) is 0 Å². The number of nitrogens with one attached hydrogen (secondary N) is 1. The van der Waals surface area contributed by atoms with Gasteiger partial charge in [-0.25, -0.2) is 4.39 Å². The molecule has 0 saturated heterocycles. The number of benzene rings is 2. The Morgan fingerprint density at radius 2 is 1.90 bits per heavy atom. The van der Waals surface area contributed by atoms with Crippen LogP contribution in [0.15, 0.2) is 52.9 Å². The number of nitro groups is 1. The zero-order chi connectivity index (χ0) is 21.7. The van der Waals surface area contributed by atoms with E-state index in [2.05, 4.69) is 15.5 Å². The lowest BCUT2D eigenvalue weighted by atomic mass is 10.2. The van der Waals surface area contributed by atoms with Gasteiger partial charge in [0.2, 0.25) is 5.89 Å². The number of non-ortho nitro benzene ring substituents is 1. The van der Waals surface area contributed by atoms with Crippen molar-refractivity contribution < 1.29 is 28.1 Å². The molecule has 0 radical (unpaired) electrons. The van der Waals surface area contributed by atoms with Crippen LogP contribution in [0.4, 0.5) is 10.1 Å². The lowest BCUT2D eigenvalue weighted by Gasteiger charge is -2.10. The molecule has 30 heavy (non-hydrogen) atoms. The van der Waals surface area contributed by atoms with E-state index in [1.807, 2.05) is 0 Å². The summed E-state index contributed by atoms with van der Waals surface area (Å²) in [5, 5.41) is 20.6. The van der Waals surface area contributed by atoms with E-state index in [4.69, 9.17) is 9.15 Å².